The Bertz CT molecular complexity index is 988. The SMILES string of the molecule is C=CCn1c(=O)n(CC=C)c(=O)n(CP(=O)(CCl)c2ccccc2)c1=O. The van der Waals surface area contributed by atoms with Crippen LogP contribution in [0.5, 0.6) is 0 Å². The first kappa shape index (κ1) is 19.9. The first-order valence-electron chi connectivity index (χ1n) is 7.75. The highest BCUT2D eigenvalue weighted by Crippen LogP contribution is 2.46. The molecule has 0 aliphatic heterocycles. The van der Waals surface area contributed by atoms with Crippen LogP contribution in [0.25, 0.3) is 0 Å². The summed E-state index contributed by atoms with van der Waals surface area (Å²) < 4.78 is 15.8. The van der Waals surface area contributed by atoms with Crippen LogP contribution in [0.15, 0.2) is 70.0 Å². The first-order valence-corrected chi connectivity index (χ1v) is 10.4. The minimum atomic E-state index is -3.27. The van der Waals surface area contributed by atoms with Crippen LogP contribution in [0.4, 0.5) is 0 Å². The largest absolute Gasteiger partial charge is 0.337 e. The maximum absolute atomic E-state index is 13.3. The van der Waals surface area contributed by atoms with Crippen LogP contribution in [0.2, 0.25) is 0 Å². The summed E-state index contributed by atoms with van der Waals surface area (Å²) in [7, 11) is -3.27. The standard InChI is InChI=1S/C17H19ClN3O4P/c1-3-10-19-15(22)20(11-4-2)17(24)21(16(19)23)13-26(25,12-18)14-8-6-5-7-9-14/h3-9H,1-2,10-13H2. The molecule has 9 heteroatoms. The van der Waals surface area contributed by atoms with Gasteiger partial charge >= 0.3 is 17.1 Å². The summed E-state index contributed by atoms with van der Waals surface area (Å²) >= 11 is 5.94. The second-order valence-corrected chi connectivity index (χ2v) is 9.09. The average molecular weight is 396 g/mol. The molecule has 0 N–H and O–H groups in total. The molecule has 138 valence electrons. The van der Waals surface area contributed by atoms with Gasteiger partial charge in [-0.25, -0.2) is 28.1 Å². The number of aromatic nitrogens is 3. The van der Waals surface area contributed by atoms with E-state index in [2.05, 4.69) is 13.2 Å². The molecule has 0 radical (unpaired) electrons. The van der Waals surface area contributed by atoms with Gasteiger partial charge < -0.3 is 4.57 Å². The molecule has 1 atom stereocenters. The third-order valence-electron chi connectivity index (χ3n) is 3.80. The molecule has 1 heterocycles. The minimum absolute atomic E-state index is 0.0778. The van der Waals surface area contributed by atoms with Gasteiger partial charge in [0.15, 0.2) is 0 Å². The summed E-state index contributed by atoms with van der Waals surface area (Å²) in [6.07, 6.45) is 2.34. The molecule has 2 rings (SSSR count). The van der Waals surface area contributed by atoms with E-state index in [1.54, 1.807) is 30.3 Å². The average Bonchev–Trinajstić information content (AvgIpc) is 2.66. The number of benzene rings is 1. The molecule has 0 spiro atoms. The van der Waals surface area contributed by atoms with Gasteiger partial charge in [0, 0.05) is 5.30 Å². The number of hydrogen-bond acceptors (Lipinski definition) is 4. The van der Waals surface area contributed by atoms with Gasteiger partial charge in [-0.1, -0.05) is 42.5 Å². The van der Waals surface area contributed by atoms with Crippen molar-refractivity contribution in [1.29, 1.82) is 0 Å². The fourth-order valence-electron chi connectivity index (χ4n) is 2.49. The fourth-order valence-corrected chi connectivity index (χ4v) is 4.92. The number of rotatable bonds is 8. The van der Waals surface area contributed by atoms with Gasteiger partial charge in [-0.2, -0.15) is 0 Å². The number of allylic oxidation sites excluding steroid dienone is 2. The van der Waals surface area contributed by atoms with E-state index in [4.69, 9.17) is 11.6 Å². The van der Waals surface area contributed by atoms with Gasteiger partial charge in [0.25, 0.3) is 0 Å². The van der Waals surface area contributed by atoms with Gasteiger partial charge in [0.2, 0.25) is 0 Å². The van der Waals surface area contributed by atoms with Crippen molar-refractivity contribution in [2.75, 3.05) is 5.62 Å². The number of halogens is 1. The first-order chi connectivity index (χ1) is 12.4. The zero-order valence-corrected chi connectivity index (χ0v) is 15.7. The molecule has 1 aromatic carbocycles. The molecule has 0 bridgehead atoms. The molecule has 2 aromatic rings. The lowest BCUT2D eigenvalue weighted by Crippen LogP contribution is -2.54. The second kappa shape index (κ2) is 8.34. The molecule has 0 saturated heterocycles. The normalized spacial score (nSPS) is 13.1. The van der Waals surface area contributed by atoms with Crippen LogP contribution in [-0.4, -0.2) is 19.3 Å². The van der Waals surface area contributed by atoms with E-state index in [0.29, 0.717) is 5.30 Å². The Morgan fingerprint density at radius 1 is 0.885 bits per heavy atom. The molecule has 7 nitrogen and oxygen atoms in total. The molecular formula is C17H19ClN3O4P. The Morgan fingerprint density at radius 3 is 1.77 bits per heavy atom. The molecule has 26 heavy (non-hydrogen) atoms. The van der Waals surface area contributed by atoms with E-state index in [9.17, 15) is 18.9 Å². The predicted molar refractivity (Wildman–Crippen MR) is 104 cm³/mol. The highest BCUT2D eigenvalue weighted by atomic mass is 35.5. The minimum Gasteiger partial charge on any atom is -0.316 e. The van der Waals surface area contributed by atoms with Gasteiger partial charge in [0.05, 0.1) is 25.0 Å². The third-order valence-corrected chi connectivity index (χ3v) is 7.32. The summed E-state index contributed by atoms with van der Waals surface area (Å²) in [6.45, 7) is 6.87. The van der Waals surface area contributed by atoms with Crippen LogP contribution in [0.3, 0.4) is 0 Å². The van der Waals surface area contributed by atoms with E-state index in [1.807, 2.05) is 0 Å². The van der Waals surface area contributed by atoms with Crippen molar-refractivity contribution in [3.8, 4) is 0 Å². The van der Waals surface area contributed by atoms with Crippen molar-refractivity contribution in [3.05, 3.63) is 87.1 Å². The monoisotopic (exact) mass is 395 g/mol. The lowest BCUT2D eigenvalue weighted by atomic mass is 10.4. The van der Waals surface area contributed by atoms with Crippen LogP contribution in [0, 0.1) is 0 Å². The van der Waals surface area contributed by atoms with E-state index < -0.39 is 30.5 Å². The third kappa shape index (κ3) is 3.74. The Labute approximate surface area is 154 Å². The van der Waals surface area contributed by atoms with Crippen molar-refractivity contribution in [3.63, 3.8) is 0 Å². The zero-order chi connectivity index (χ0) is 19.3. The van der Waals surface area contributed by atoms with Crippen molar-refractivity contribution in [2.45, 2.75) is 19.4 Å². The maximum atomic E-state index is 13.3. The van der Waals surface area contributed by atoms with Crippen molar-refractivity contribution in [1.82, 2.24) is 13.7 Å². The van der Waals surface area contributed by atoms with Crippen LogP contribution < -0.4 is 22.4 Å². The highest BCUT2D eigenvalue weighted by molar-refractivity contribution is 7.72. The van der Waals surface area contributed by atoms with Crippen molar-refractivity contribution < 1.29 is 4.57 Å². The molecule has 0 aliphatic carbocycles. The highest BCUT2D eigenvalue weighted by Gasteiger charge is 2.27. The van der Waals surface area contributed by atoms with Crippen molar-refractivity contribution >= 4 is 24.0 Å². The van der Waals surface area contributed by atoms with Gasteiger partial charge in [-0.15, -0.1) is 24.8 Å². The number of alkyl halides is 1. The number of hydrogen-bond donors (Lipinski definition) is 0. The smallest absolute Gasteiger partial charge is 0.316 e. The van der Waals surface area contributed by atoms with Crippen LogP contribution in [-0.2, 0) is 23.9 Å². The maximum Gasteiger partial charge on any atom is 0.337 e. The summed E-state index contributed by atoms with van der Waals surface area (Å²) in [5.74, 6) is 0. The summed E-state index contributed by atoms with van der Waals surface area (Å²) in [6, 6.07) is 8.43. The Morgan fingerprint density at radius 2 is 1.35 bits per heavy atom. The predicted octanol–water partition coefficient (Wildman–Crippen LogP) is 1.39. The summed E-state index contributed by atoms with van der Waals surface area (Å²) in [4.78, 5) is 37.7. The molecule has 0 saturated carbocycles. The molecular weight excluding hydrogens is 377 g/mol. The summed E-state index contributed by atoms with van der Waals surface area (Å²) in [5, 5.41) is 0.457. The molecule has 0 amide bonds. The van der Waals surface area contributed by atoms with E-state index in [0.717, 1.165) is 13.7 Å². The van der Waals surface area contributed by atoms with E-state index in [1.165, 1.54) is 12.2 Å². The Balaban J connectivity index is 2.73. The zero-order valence-electron chi connectivity index (χ0n) is 14.1. The molecule has 0 aliphatic rings. The molecule has 1 unspecified atom stereocenters. The topological polar surface area (TPSA) is 83.1 Å². The number of nitrogens with zero attached hydrogens (tertiary/aromatic N) is 3. The fraction of sp³-hybridized carbons (Fsp3) is 0.235. The van der Waals surface area contributed by atoms with Gasteiger partial charge in [0.1, 0.15) is 7.14 Å². The lowest BCUT2D eigenvalue weighted by Gasteiger charge is -2.18. The van der Waals surface area contributed by atoms with Gasteiger partial charge in [-0.3, -0.25) is 0 Å². The van der Waals surface area contributed by atoms with Crippen LogP contribution >= 0.6 is 18.7 Å². The van der Waals surface area contributed by atoms with E-state index in [-0.39, 0.29) is 18.7 Å². The van der Waals surface area contributed by atoms with E-state index >= 15 is 0 Å². The summed E-state index contributed by atoms with van der Waals surface area (Å²) in [5.41, 5.74) is -2.70. The Kier molecular flexibility index (Phi) is 6.40. The molecule has 0 fully saturated rings. The Hall–Kier alpha value is -2.37. The van der Waals surface area contributed by atoms with Crippen LogP contribution in [0.1, 0.15) is 0 Å². The van der Waals surface area contributed by atoms with Gasteiger partial charge in [-0.05, 0) is 0 Å². The second-order valence-electron chi connectivity index (χ2n) is 5.56. The van der Waals surface area contributed by atoms with Crippen molar-refractivity contribution in [2.24, 2.45) is 0 Å². The lowest BCUT2D eigenvalue weighted by molar-refractivity contribution is 0.502. The quantitative estimate of drug-likeness (QED) is 0.384. The molecule has 1 aromatic heterocycles.